The van der Waals surface area contributed by atoms with Gasteiger partial charge < -0.3 is 9.64 Å². The summed E-state index contributed by atoms with van der Waals surface area (Å²) < 4.78 is 11.6. The van der Waals surface area contributed by atoms with Gasteiger partial charge in [-0.05, 0) is 84.6 Å². The van der Waals surface area contributed by atoms with Crippen LogP contribution in [0.15, 0.2) is 109 Å². The van der Waals surface area contributed by atoms with Gasteiger partial charge in [-0.2, -0.15) is 4.57 Å². The number of hydrogen-bond acceptors (Lipinski definition) is 3. The molecule has 4 heteroatoms. The molecule has 3 aliphatic rings. The first-order chi connectivity index (χ1) is 19.3. The van der Waals surface area contributed by atoms with E-state index in [0.717, 1.165) is 24.5 Å². The highest BCUT2D eigenvalue weighted by molar-refractivity contribution is 7.26. The number of allylic oxidation sites excluding steroid dienone is 4. The maximum Gasteiger partial charge on any atom is 0.374 e. The summed E-state index contributed by atoms with van der Waals surface area (Å²) in [5.74, 6) is 1.82. The number of hydrogen-bond donors (Lipinski definition) is 0. The maximum absolute atomic E-state index is 6.63. The van der Waals surface area contributed by atoms with Crippen LogP contribution >= 0.6 is 11.3 Å². The van der Waals surface area contributed by atoms with E-state index in [0.29, 0.717) is 0 Å². The van der Waals surface area contributed by atoms with Crippen molar-refractivity contribution in [2.75, 3.05) is 4.90 Å². The van der Waals surface area contributed by atoms with Gasteiger partial charge in [0.1, 0.15) is 5.75 Å². The molecule has 9 rings (SSSR count). The van der Waals surface area contributed by atoms with Crippen LogP contribution in [0.25, 0.3) is 30.9 Å². The second-order valence-corrected chi connectivity index (χ2v) is 11.8. The van der Waals surface area contributed by atoms with E-state index in [1.54, 1.807) is 0 Å². The number of anilines is 2. The number of fused-ring (bicyclic) bond motifs is 5. The Bertz CT molecular complexity index is 2080. The molecule has 0 spiro atoms. The van der Waals surface area contributed by atoms with Crippen molar-refractivity contribution < 1.29 is 9.30 Å². The largest absolute Gasteiger partial charge is 0.405 e. The lowest BCUT2D eigenvalue weighted by atomic mass is 9.87. The topological polar surface area (TPSA) is 16.4 Å². The van der Waals surface area contributed by atoms with E-state index in [9.17, 15) is 0 Å². The van der Waals surface area contributed by atoms with Crippen LogP contribution in [-0.2, 0) is 0 Å². The van der Waals surface area contributed by atoms with Crippen LogP contribution in [0.1, 0.15) is 35.6 Å². The quantitative estimate of drug-likeness (QED) is 0.200. The molecular weight excluding hydrogens is 496 g/mol. The first kappa shape index (κ1) is 21.5. The molecule has 39 heavy (non-hydrogen) atoms. The summed E-state index contributed by atoms with van der Waals surface area (Å²) in [6, 6.07) is 28.9. The fraction of sp³-hybridized carbons (Fsp3) is 0.114. The minimum atomic E-state index is -0.0237. The first-order valence-electron chi connectivity index (χ1n) is 13.6. The van der Waals surface area contributed by atoms with Crippen molar-refractivity contribution in [2.24, 2.45) is 0 Å². The number of rotatable bonds is 1. The van der Waals surface area contributed by atoms with E-state index < -0.39 is 0 Å². The number of aromatic nitrogens is 1. The second-order valence-electron chi connectivity index (χ2n) is 10.7. The molecule has 1 unspecified atom stereocenters. The van der Waals surface area contributed by atoms with Crippen molar-refractivity contribution in [3.05, 3.63) is 126 Å². The number of aryl methyl sites for hydroxylation is 1. The predicted octanol–water partition coefficient (Wildman–Crippen LogP) is 9.23. The molecule has 0 radical (unpaired) electrons. The van der Waals surface area contributed by atoms with Crippen molar-refractivity contribution in [1.82, 2.24) is 0 Å². The van der Waals surface area contributed by atoms with Crippen molar-refractivity contribution in [1.29, 1.82) is 0 Å². The van der Waals surface area contributed by atoms with Crippen molar-refractivity contribution in [2.45, 2.75) is 25.8 Å². The van der Waals surface area contributed by atoms with Crippen LogP contribution in [0.4, 0.5) is 11.4 Å². The van der Waals surface area contributed by atoms with Gasteiger partial charge in [0.25, 0.3) is 0 Å². The highest BCUT2D eigenvalue weighted by Gasteiger charge is 2.40. The van der Waals surface area contributed by atoms with E-state index in [4.69, 9.17) is 4.74 Å². The van der Waals surface area contributed by atoms with Crippen molar-refractivity contribution in [3.63, 3.8) is 0 Å². The Labute approximate surface area is 230 Å². The van der Waals surface area contributed by atoms with Gasteiger partial charge in [0.05, 0.1) is 17.3 Å². The number of nitrogens with zero attached hydrogens (tertiary/aromatic N) is 2. The summed E-state index contributed by atoms with van der Waals surface area (Å²) in [7, 11) is 0. The Morgan fingerprint density at radius 2 is 1.69 bits per heavy atom. The van der Waals surface area contributed by atoms with Crippen LogP contribution < -0.4 is 14.2 Å². The third-order valence-corrected chi connectivity index (χ3v) is 9.75. The van der Waals surface area contributed by atoms with Gasteiger partial charge in [-0.3, -0.25) is 0 Å². The molecule has 0 fully saturated rings. The van der Waals surface area contributed by atoms with E-state index in [2.05, 4.69) is 120 Å². The molecule has 186 valence electrons. The summed E-state index contributed by atoms with van der Waals surface area (Å²) in [6.45, 7) is 2.31. The van der Waals surface area contributed by atoms with Gasteiger partial charge in [-0.15, -0.1) is 11.3 Å². The molecule has 0 N–H and O–H groups in total. The monoisotopic (exact) mass is 521 g/mol. The molecule has 0 saturated carbocycles. The lowest BCUT2D eigenvalue weighted by molar-refractivity contribution is -0.711. The molecule has 0 amide bonds. The average Bonchev–Trinajstić information content (AvgIpc) is 3.37. The normalized spacial score (nSPS) is 17.1. The molecule has 4 aromatic carbocycles. The zero-order valence-electron chi connectivity index (χ0n) is 21.5. The van der Waals surface area contributed by atoms with Crippen molar-refractivity contribution in [3.8, 4) is 11.6 Å². The zero-order chi connectivity index (χ0) is 25.7. The van der Waals surface area contributed by atoms with E-state index in [1.807, 2.05) is 11.3 Å². The molecule has 2 aromatic heterocycles. The van der Waals surface area contributed by atoms with Gasteiger partial charge in [0.15, 0.2) is 6.20 Å². The van der Waals surface area contributed by atoms with Gasteiger partial charge in [0.2, 0.25) is 6.04 Å². The molecular formula is C35H25N2OS+. The number of pyridine rings is 1. The summed E-state index contributed by atoms with van der Waals surface area (Å²) in [5.41, 5.74) is 7.67. The first-order valence-corrected chi connectivity index (χ1v) is 14.4. The van der Waals surface area contributed by atoms with E-state index >= 15 is 0 Å². The van der Waals surface area contributed by atoms with E-state index in [-0.39, 0.29) is 6.04 Å². The standard InChI is InChI=1S/C35H25N2OS/c1-21-25-16-14-22-15-18-28-33(31(21)22)34-29(39-28)19-17-27-32(34)35(36-20-8-7-13-30(36)38-27)24-11-5-6-12-26(24)37(25)23-9-3-2-4-10-23/h2-3,5-9,11-20,35H,4,10H2,1H3/q+1. The Morgan fingerprint density at radius 1 is 0.846 bits per heavy atom. The molecule has 1 atom stereocenters. The maximum atomic E-state index is 6.63. The fourth-order valence-electron chi connectivity index (χ4n) is 6.98. The average molecular weight is 522 g/mol. The summed E-state index contributed by atoms with van der Waals surface area (Å²) in [6.07, 6.45) is 11.0. The van der Waals surface area contributed by atoms with Crippen LogP contribution in [0.3, 0.4) is 0 Å². The summed E-state index contributed by atoms with van der Waals surface area (Å²) in [5, 5.41) is 5.32. The molecule has 2 bridgehead atoms. The molecule has 2 aliphatic heterocycles. The Hall–Kier alpha value is -4.41. The fourth-order valence-corrected chi connectivity index (χ4v) is 8.11. The third kappa shape index (κ3) is 2.84. The Balaban J connectivity index is 1.55. The third-order valence-electron chi connectivity index (χ3n) is 8.63. The molecule has 3 nitrogen and oxygen atoms in total. The van der Waals surface area contributed by atoms with Crippen LogP contribution in [0.5, 0.6) is 11.6 Å². The number of benzene rings is 4. The van der Waals surface area contributed by atoms with Gasteiger partial charge in [-0.1, -0.05) is 36.4 Å². The lowest BCUT2D eigenvalue weighted by Gasteiger charge is -2.34. The van der Waals surface area contributed by atoms with Crippen LogP contribution in [-0.4, -0.2) is 0 Å². The van der Waals surface area contributed by atoms with Gasteiger partial charge in [0, 0.05) is 43.2 Å². The molecule has 6 aromatic rings. The lowest BCUT2D eigenvalue weighted by Crippen LogP contribution is -2.44. The minimum absolute atomic E-state index is 0.0237. The highest BCUT2D eigenvalue weighted by atomic mass is 32.1. The highest BCUT2D eigenvalue weighted by Crippen LogP contribution is 2.52. The Kier molecular flexibility index (Phi) is 4.31. The number of thiophene rings is 1. The Morgan fingerprint density at radius 3 is 2.62 bits per heavy atom. The summed E-state index contributed by atoms with van der Waals surface area (Å²) >= 11 is 1.89. The van der Waals surface area contributed by atoms with Crippen LogP contribution in [0.2, 0.25) is 0 Å². The summed E-state index contributed by atoms with van der Waals surface area (Å²) in [4.78, 5) is 2.53. The van der Waals surface area contributed by atoms with Gasteiger partial charge in [-0.25, -0.2) is 0 Å². The number of para-hydroxylation sites is 1. The molecule has 1 aliphatic carbocycles. The molecule has 4 heterocycles. The SMILES string of the molecule is Cc1c2ccc3ccc4sc5ccc6c(c5c4c13)C(c1ccccc1N2C1=CC=CCC1)[n+]1ccccc1O6. The molecule has 0 saturated heterocycles. The van der Waals surface area contributed by atoms with Crippen molar-refractivity contribution >= 4 is 53.7 Å². The zero-order valence-corrected chi connectivity index (χ0v) is 22.3. The van der Waals surface area contributed by atoms with Gasteiger partial charge >= 0.3 is 5.88 Å². The second kappa shape index (κ2) is 7.81. The van der Waals surface area contributed by atoms with E-state index in [1.165, 1.54) is 64.7 Å². The minimum Gasteiger partial charge on any atom is -0.405 e. The number of ether oxygens (including phenoxy) is 1. The predicted molar refractivity (Wildman–Crippen MR) is 161 cm³/mol. The smallest absolute Gasteiger partial charge is 0.374 e. The van der Waals surface area contributed by atoms with Crippen LogP contribution in [0, 0.1) is 6.92 Å².